The van der Waals surface area contributed by atoms with Crippen molar-refractivity contribution in [1.82, 2.24) is 8.61 Å². The number of benzene rings is 1. The first-order valence-electron chi connectivity index (χ1n) is 7.41. The molecular formula is C15H22F2N2O2S. The second kappa shape index (κ2) is 6.60. The summed E-state index contributed by atoms with van der Waals surface area (Å²) >= 11 is 0. The first-order chi connectivity index (χ1) is 10.2. The Morgan fingerprint density at radius 3 is 2.64 bits per heavy atom. The molecule has 0 amide bonds. The molecule has 1 unspecified atom stereocenters. The maximum atomic E-state index is 13.9. The number of hydrogen-bond acceptors (Lipinski definition) is 2. The van der Waals surface area contributed by atoms with E-state index in [1.54, 1.807) is 13.8 Å². The molecule has 0 bridgehead atoms. The Labute approximate surface area is 130 Å². The highest BCUT2D eigenvalue weighted by Gasteiger charge is 2.34. The summed E-state index contributed by atoms with van der Waals surface area (Å²) in [6.07, 6.45) is 1.28. The maximum absolute atomic E-state index is 13.9. The first kappa shape index (κ1) is 17.3. The number of nitrogens with zero attached hydrogens (tertiary/aromatic N) is 2. The van der Waals surface area contributed by atoms with E-state index in [4.69, 9.17) is 0 Å². The van der Waals surface area contributed by atoms with Crippen LogP contribution in [0.15, 0.2) is 18.2 Å². The molecule has 7 heteroatoms. The van der Waals surface area contributed by atoms with E-state index in [-0.39, 0.29) is 24.1 Å². The Balaban J connectivity index is 2.24. The van der Waals surface area contributed by atoms with Crippen molar-refractivity contribution in [1.29, 1.82) is 0 Å². The lowest BCUT2D eigenvalue weighted by molar-refractivity contribution is 0.279. The van der Waals surface area contributed by atoms with Crippen LogP contribution in [0.2, 0.25) is 0 Å². The second-order valence-corrected chi connectivity index (χ2v) is 7.97. The van der Waals surface area contributed by atoms with Crippen LogP contribution in [0.4, 0.5) is 8.78 Å². The zero-order chi connectivity index (χ0) is 16.5. The lowest BCUT2D eigenvalue weighted by Crippen LogP contribution is -2.48. The standard InChI is InChI=1S/C15H22F2N2O2S/c1-11(2)18(3)22(20,21)19-8-4-5-12(10-19)14-9-13(16)6-7-15(14)17/h6-7,9,11-12H,4-5,8,10H2,1-3H3. The largest absolute Gasteiger partial charge is 0.281 e. The Morgan fingerprint density at radius 1 is 1.32 bits per heavy atom. The van der Waals surface area contributed by atoms with Crippen molar-refractivity contribution in [2.24, 2.45) is 0 Å². The minimum Gasteiger partial charge on any atom is -0.207 e. The third kappa shape index (κ3) is 3.47. The zero-order valence-corrected chi connectivity index (χ0v) is 13.9. The van der Waals surface area contributed by atoms with Gasteiger partial charge in [-0.15, -0.1) is 0 Å². The van der Waals surface area contributed by atoms with Gasteiger partial charge in [-0.1, -0.05) is 0 Å². The molecule has 22 heavy (non-hydrogen) atoms. The van der Waals surface area contributed by atoms with E-state index in [0.717, 1.165) is 12.1 Å². The lowest BCUT2D eigenvalue weighted by Gasteiger charge is -2.35. The van der Waals surface area contributed by atoms with Crippen LogP contribution in [0.1, 0.15) is 38.2 Å². The molecule has 1 aliphatic rings. The van der Waals surface area contributed by atoms with Crippen LogP contribution in [0, 0.1) is 11.6 Å². The molecule has 1 aliphatic heterocycles. The smallest absolute Gasteiger partial charge is 0.207 e. The lowest BCUT2D eigenvalue weighted by atomic mass is 9.91. The van der Waals surface area contributed by atoms with Gasteiger partial charge < -0.3 is 0 Å². The molecule has 1 aromatic rings. The highest BCUT2D eigenvalue weighted by Crippen LogP contribution is 2.31. The summed E-state index contributed by atoms with van der Waals surface area (Å²) in [5, 5.41) is 0. The summed E-state index contributed by atoms with van der Waals surface area (Å²) in [5.41, 5.74) is 0.257. The Bertz CT molecular complexity index is 634. The van der Waals surface area contributed by atoms with Crippen molar-refractivity contribution >= 4 is 10.2 Å². The highest BCUT2D eigenvalue weighted by atomic mass is 32.2. The molecule has 1 fully saturated rings. The van der Waals surface area contributed by atoms with Crippen LogP contribution in [0.5, 0.6) is 0 Å². The van der Waals surface area contributed by atoms with Gasteiger partial charge in [-0.05, 0) is 50.5 Å². The van der Waals surface area contributed by atoms with Crippen LogP contribution in [-0.2, 0) is 10.2 Å². The van der Waals surface area contributed by atoms with Gasteiger partial charge in [-0.2, -0.15) is 17.0 Å². The summed E-state index contributed by atoms with van der Waals surface area (Å²) in [5.74, 6) is -1.31. The van der Waals surface area contributed by atoms with Crippen molar-refractivity contribution in [2.75, 3.05) is 20.1 Å². The first-order valence-corrected chi connectivity index (χ1v) is 8.81. The van der Waals surface area contributed by atoms with Gasteiger partial charge >= 0.3 is 0 Å². The fourth-order valence-electron chi connectivity index (χ4n) is 2.68. The van der Waals surface area contributed by atoms with E-state index in [2.05, 4.69) is 0 Å². The van der Waals surface area contributed by atoms with E-state index >= 15 is 0 Å². The molecular weight excluding hydrogens is 310 g/mol. The van der Waals surface area contributed by atoms with Crippen LogP contribution in [-0.4, -0.2) is 43.2 Å². The Kier molecular flexibility index (Phi) is 5.19. The molecule has 0 N–H and O–H groups in total. The molecule has 1 saturated heterocycles. The molecule has 124 valence electrons. The van der Waals surface area contributed by atoms with Crippen LogP contribution in [0.3, 0.4) is 0 Å². The summed E-state index contributed by atoms with van der Waals surface area (Å²) in [6.45, 7) is 4.18. The molecule has 0 aliphatic carbocycles. The third-order valence-corrected chi connectivity index (χ3v) is 6.33. The predicted molar refractivity (Wildman–Crippen MR) is 81.7 cm³/mol. The van der Waals surface area contributed by atoms with Crippen molar-refractivity contribution in [3.8, 4) is 0 Å². The fourth-order valence-corrected chi connectivity index (χ4v) is 4.31. The van der Waals surface area contributed by atoms with Gasteiger partial charge in [0.05, 0.1) is 0 Å². The van der Waals surface area contributed by atoms with Gasteiger partial charge in [0.1, 0.15) is 11.6 Å². The third-order valence-electron chi connectivity index (χ3n) is 4.20. The quantitative estimate of drug-likeness (QED) is 0.851. The monoisotopic (exact) mass is 332 g/mol. The SMILES string of the molecule is CC(C)N(C)S(=O)(=O)N1CCCC(c2cc(F)ccc2F)C1. The van der Waals surface area contributed by atoms with E-state index in [1.807, 2.05) is 0 Å². The summed E-state index contributed by atoms with van der Waals surface area (Å²) in [4.78, 5) is 0. The van der Waals surface area contributed by atoms with E-state index in [9.17, 15) is 17.2 Å². The van der Waals surface area contributed by atoms with Crippen molar-refractivity contribution in [3.63, 3.8) is 0 Å². The molecule has 0 spiro atoms. The van der Waals surface area contributed by atoms with Gasteiger partial charge in [0.2, 0.25) is 0 Å². The van der Waals surface area contributed by atoms with Gasteiger partial charge in [-0.3, -0.25) is 0 Å². The minimum absolute atomic E-state index is 0.156. The summed E-state index contributed by atoms with van der Waals surface area (Å²) < 4.78 is 55.0. The summed E-state index contributed by atoms with van der Waals surface area (Å²) in [6, 6.07) is 3.18. The Morgan fingerprint density at radius 2 is 2.00 bits per heavy atom. The fraction of sp³-hybridized carbons (Fsp3) is 0.600. The minimum atomic E-state index is -3.57. The van der Waals surface area contributed by atoms with Crippen LogP contribution >= 0.6 is 0 Å². The average Bonchev–Trinajstić information content (AvgIpc) is 2.49. The number of hydrogen-bond donors (Lipinski definition) is 0. The van der Waals surface area contributed by atoms with Crippen molar-refractivity contribution in [2.45, 2.75) is 38.6 Å². The molecule has 4 nitrogen and oxygen atoms in total. The summed E-state index contributed by atoms with van der Waals surface area (Å²) in [7, 11) is -2.04. The van der Waals surface area contributed by atoms with Gasteiger partial charge in [-0.25, -0.2) is 8.78 Å². The van der Waals surface area contributed by atoms with Gasteiger partial charge in [0, 0.05) is 32.1 Å². The number of piperidine rings is 1. The molecule has 1 atom stereocenters. The van der Waals surface area contributed by atoms with E-state index in [0.29, 0.717) is 19.4 Å². The topological polar surface area (TPSA) is 40.6 Å². The average molecular weight is 332 g/mol. The van der Waals surface area contributed by atoms with Gasteiger partial charge in [0.25, 0.3) is 10.2 Å². The highest BCUT2D eigenvalue weighted by molar-refractivity contribution is 7.86. The maximum Gasteiger partial charge on any atom is 0.281 e. The van der Waals surface area contributed by atoms with E-state index in [1.165, 1.54) is 21.7 Å². The van der Waals surface area contributed by atoms with Crippen molar-refractivity contribution in [3.05, 3.63) is 35.4 Å². The molecule has 0 radical (unpaired) electrons. The number of halogens is 2. The normalized spacial score (nSPS) is 20.8. The van der Waals surface area contributed by atoms with Crippen molar-refractivity contribution < 1.29 is 17.2 Å². The zero-order valence-electron chi connectivity index (χ0n) is 13.1. The predicted octanol–water partition coefficient (Wildman–Crippen LogP) is 2.73. The van der Waals surface area contributed by atoms with Crippen LogP contribution in [0.25, 0.3) is 0 Å². The molecule has 0 aromatic heterocycles. The number of rotatable bonds is 4. The second-order valence-electron chi connectivity index (χ2n) is 5.98. The van der Waals surface area contributed by atoms with Crippen LogP contribution < -0.4 is 0 Å². The van der Waals surface area contributed by atoms with Gasteiger partial charge in [0.15, 0.2) is 0 Å². The molecule has 1 heterocycles. The Hall–Kier alpha value is -1.05. The molecule has 1 aromatic carbocycles. The molecule has 0 saturated carbocycles. The van der Waals surface area contributed by atoms with E-state index < -0.39 is 21.8 Å². The molecule has 2 rings (SSSR count).